The van der Waals surface area contributed by atoms with Crippen molar-refractivity contribution in [2.24, 2.45) is 0 Å². The zero-order chi connectivity index (χ0) is 20.8. The van der Waals surface area contributed by atoms with E-state index < -0.39 is 0 Å². The number of carbonyl (C=O) groups excluding carboxylic acids is 1. The monoisotopic (exact) mass is 390 g/mol. The van der Waals surface area contributed by atoms with Gasteiger partial charge in [0.15, 0.2) is 0 Å². The van der Waals surface area contributed by atoms with Crippen LogP contribution in [0.4, 0.5) is 11.4 Å². The normalized spacial score (nSPS) is 14.5. The Morgan fingerprint density at radius 1 is 1.00 bits per heavy atom. The van der Waals surface area contributed by atoms with E-state index in [2.05, 4.69) is 53.1 Å². The summed E-state index contributed by atoms with van der Waals surface area (Å²) in [4.78, 5) is 19.5. The minimum Gasteiger partial charge on any atom is -0.369 e. The fourth-order valence-electron chi connectivity index (χ4n) is 3.93. The number of anilines is 2. The molecule has 0 atom stereocenters. The number of hydrogen-bond donors (Lipinski definition) is 0. The van der Waals surface area contributed by atoms with Gasteiger partial charge in [-0.3, -0.25) is 9.69 Å². The lowest BCUT2D eigenvalue weighted by Gasteiger charge is -2.36. The molecule has 1 amide bonds. The molecular weight excluding hydrogens is 360 g/mol. The Kier molecular flexibility index (Phi) is 6.90. The van der Waals surface area contributed by atoms with Crippen molar-refractivity contribution in [3.05, 3.63) is 59.2 Å². The number of amides is 1. The highest BCUT2D eigenvalue weighted by Crippen LogP contribution is 2.21. The highest BCUT2D eigenvalue weighted by atomic mass is 16.2. The van der Waals surface area contributed by atoms with Crippen LogP contribution in [0, 0.1) is 32.1 Å². The van der Waals surface area contributed by atoms with E-state index in [1.54, 1.807) is 4.90 Å². The molecule has 0 aromatic heterocycles. The first-order chi connectivity index (χ1) is 14.0. The Balaban J connectivity index is 1.63. The Hall–Kier alpha value is -2.84. The van der Waals surface area contributed by atoms with E-state index in [1.165, 1.54) is 11.3 Å². The first-order valence-electron chi connectivity index (χ1n) is 10.3. The maximum Gasteiger partial charge on any atom is 0.241 e. The second kappa shape index (κ2) is 9.58. The molecule has 1 aliphatic rings. The lowest BCUT2D eigenvalue weighted by atomic mass is 10.1. The van der Waals surface area contributed by atoms with E-state index in [4.69, 9.17) is 5.26 Å². The van der Waals surface area contributed by atoms with Gasteiger partial charge < -0.3 is 9.80 Å². The van der Waals surface area contributed by atoms with Gasteiger partial charge in [0.2, 0.25) is 5.91 Å². The van der Waals surface area contributed by atoms with Crippen molar-refractivity contribution >= 4 is 17.3 Å². The maximum absolute atomic E-state index is 13.1. The molecule has 3 rings (SSSR count). The Morgan fingerprint density at radius 3 is 2.31 bits per heavy atom. The van der Waals surface area contributed by atoms with Crippen LogP contribution in [0.3, 0.4) is 0 Å². The largest absolute Gasteiger partial charge is 0.369 e. The Morgan fingerprint density at radius 2 is 1.69 bits per heavy atom. The van der Waals surface area contributed by atoms with Crippen molar-refractivity contribution in [3.63, 3.8) is 0 Å². The molecule has 1 saturated heterocycles. The van der Waals surface area contributed by atoms with Gasteiger partial charge in [0.25, 0.3) is 0 Å². The zero-order valence-corrected chi connectivity index (χ0v) is 17.7. The summed E-state index contributed by atoms with van der Waals surface area (Å²) in [5, 5.41) is 9.03. The summed E-state index contributed by atoms with van der Waals surface area (Å²) in [6.45, 7) is 10.6. The number of nitriles is 1. The summed E-state index contributed by atoms with van der Waals surface area (Å²) in [6.07, 6.45) is 0.333. The quantitative estimate of drug-likeness (QED) is 0.755. The number of rotatable bonds is 6. The summed E-state index contributed by atoms with van der Waals surface area (Å²) >= 11 is 0. The fraction of sp³-hybridized carbons (Fsp3) is 0.417. The molecule has 1 aliphatic heterocycles. The summed E-state index contributed by atoms with van der Waals surface area (Å²) in [5.41, 5.74) is 5.66. The van der Waals surface area contributed by atoms with E-state index in [-0.39, 0.29) is 5.91 Å². The van der Waals surface area contributed by atoms with Crippen LogP contribution in [0.25, 0.3) is 0 Å². The van der Waals surface area contributed by atoms with Gasteiger partial charge >= 0.3 is 0 Å². The summed E-state index contributed by atoms with van der Waals surface area (Å²) in [6, 6.07) is 16.9. The number of hydrogen-bond acceptors (Lipinski definition) is 4. The number of benzene rings is 2. The van der Waals surface area contributed by atoms with E-state index in [0.717, 1.165) is 43.0 Å². The topological polar surface area (TPSA) is 50.6 Å². The molecule has 1 heterocycles. The maximum atomic E-state index is 13.1. The lowest BCUT2D eigenvalue weighted by Crippen LogP contribution is -2.50. The summed E-state index contributed by atoms with van der Waals surface area (Å²) in [7, 11) is 0. The van der Waals surface area contributed by atoms with Crippen molar-refractivity contribution in [3.8, 4) is 6.07 Å². The average molecular weight is 391 g/mol. The Bertz CT molecular complexity index is 874. The number of nitrogens with zero attached hydrogens (tertiary/aromatic N) is 4. The summed E-state index contributed by atoms with van der Waals surface area (Å²) in [5.74, 6) is 0.0641. The van der Waals surface area contributed by atoms with Crippen molar-refractivity contribution in [1.29, 1.82) is 5.26 Å². The van der Waals surface area contributed by atoms with E-state index >= 15 is 0 Å². The third-order valence-corrected chi connectivity index (χ3v) is 5.36. The van der Waals surface area contributed by atoms with Gasteiger partial charge in [-0.25, -0.2) is 0 Å². The van der Waals surface area contributed by atoms with Gasteiger partial charge in [0, 0.05) is 44.1 Å². The smallest absolute Gasteiger partial charge is 0.241 e. The molecule has 5 heteroatoms. The molecule has 0 aliphatic carbocycles. The van der Waals surface area contributed by atoms with Crippen LogP contribution >= 0.6 is 0 Å². The third kappa shape index (κ3) is 5.58. The molecule has 5 nitrogen and oxygen atoms in total. The molecule has 152 valence electrons. The number of aryl methyl sites for hydroxylation is 3. The highest BCUT2D eigenvalue weighted by molar-refractivity contribution is 5.95. The second-order valence-electron chi connectivity index (χ2n) is 7.90. The molecule has 29 heavy (non-hydrogen) atoms. The van der Waals surface area contributed by atoms with E-state index in [9.17, 15) is 4.79 Å². The molecule has 2 aromatic rings. The lowest BCUT2D eigenvalue weighted by molar-refractivity contribution is -0.119. The van der Waals surface area contributed by atoms with Gasteiger partial charge in [0.05, 0.1) is 19.0 Å². The molecule has 0 bridgehead atoms. The number of carbonyl (C=O) groups is 1. The second-order valence-corrected chi connectivity index (χ2v) is 7.90. The van der Waals surface area contributed by atoms with Crippen LogP contribution in [0.2, 0.25) is 0 Å². The van der Waals surface area contributed by atoms with Gasteiger partial charge in [0.1, 0.15) is 0 Å². The fourth-order valence-corrected chi connectivity index (χ4v) is 3.93. The molecule has 1 fully saturated rings. The molecule has 0 unspecified atom stereocenters. The van der Waals surface area contributed by atoms with Gasteiger partial charge in [-0.15, -0.1) is 0 Å². The predicted octanol–water partition coefficient (Wildman–Crippen LogP) is 3.68. The van der Waals surface area contributed by atoms with Gasteiger partial charge in [-0.05, 0) is 61.7 Å². The zero-order valence-electron chi connectivity index (χ0n) is 17.7. The van der Waals surface area contributed by atoms with E-state index in [1.807, 2.05) is 26.0 Å². The number of piperazine rings is 1. The van der Waals surface area contributed by atoms with Gasteiger partial charge in [-0.2, -0.15) is 5.26 Å². The van der Waals surface area contributed by atoms with Crippen molar-refractivity contribution in [2.45, 2.75) is 27.2 Å². The van der Waals surface area contributed by atoms with Crippen LogP contribution in [0.1, 0.15) is 23.1 Å². The first kappa shape index (κ1) is 20.9. The minimum atomic E-state index is 0.0641. The SMILES string of the molecule is Cc1cccc(N2CCN(CC(=O)N(CCC#N)c3cc(C)cc(C)c3)CC2)c1. The molecule has 0 radical (unpaired) electrons. The molecule has 0 spiro atoms. The van der Waals surface area contributed by atoms with Crippen molar-refractivity contribution in [2.75, 3.05) is 49.1 Å². The molecule has 0 N–H and O–H groups in total. The van der Waals surface area contributed by atoms with Crippen LogP contribution in [-0.2, 0) is 4.79 Å². The van der Waals surface area contributed by atoms with Crippen LogP contribution < -0.4 is 9.80 Å². The Labute approximate surface area is 174 Å². The average Bonchev–Trinajstić information content (AvgIpc) is 2.68. The minimum absolute atomic E-state index is 0.0641. The van der Waals surface area contributed by atoms with Crippen LogP contribution in [0.15, 0.2) is 42.5 Å². The molecule has 2 aromatic carbocycles. The van der Waals surface area contributed by atoms with Gasteiger partial charge in [-0.1, -0.05) is 18.2 Å². The third-order valence-electron chi connectivity index (χ3n) is 5.36. The van der Waals surface area contributed by atoms with Crippen molar-refractivity contribution < 1.29 is 4.79 Å². The highest BCUT2D eigenvalue weighted by Gasteiger charge is 2.23. The summed E-state index contributed by atoms with van der Waals surface area (Å²) < 4.78 is 0. The van der Waals surface area contributed by atoms with Crippen LogP contribution in [0.5, 0.6) is 0 Å². The molecular formula is C24H30N4O. The van der Waals surface area contributed by atoms with E-state index in [0.29, 0.717) is 19.5 Å². The van der Waals surface area contributed by atoms with Crippen molar-refractivity contribution in [1.82, 2.24) is 4.90 Å². The molecule has 0 saturated carbocycles. The standard InChI is InChI=1S/C24H30N4O/c1-19-6-4-7-22(15-19)27-12-10-26(11-13-27)18-24(29)28(9-5-8-25)23-16-20(2)14-21(3)17-23/h4,6-7,14-17H,5,9-13,18H2,1-3H3. The first-order valence-corrected chi connectivity index (χ1v) is 10.3. The predicted molar refractivity (Wildman–Crippen MR) is 118 cm³/mol. The van der Waals surface area contributed by atoms with Crippen LogP contribution in [-0.4, -0.2) is 50.1 Å².